The third-order valence-corrected chi connectivity index (χ3v) is 3.82. The van der Waals surface area contributed by atoms with Gasteiger partial charge in [0.15, 0.2) is 0 Å². The van der Waals surface area contributed by atoms with E-state index in [0.717, 1.165) is 41.4 Å². The maximum atomic E-state index is 10.1. The maximum absolute atomic E-state index is 10.1. The Kier molecular flexibility index (Phi) is 3.10. The average molecular weight is 263 g/mol. The molecular weight excluding hydrogens is 248 g/mol. The molecule has 3 rings (SSSR count). The highest BCUT2D eigenvalue weighted by atomic mass is 35.5. The molecule has 1 N–H and O–H groups in total. The molecule has 0 saturated heterocycles. The molecule has 1 aromatic heterocycles. The molecule has 1 aliphatic rings. The molecule has 3 nitrogen and oxygen atoms in total. The molecule has 0 aliphatic carbocycles. The minimum Gasteiger partial charge on any atom is -0.373 e. The van der Waals surface area contributed by atoms with Gasteiger partial charge >= 0.3 is 0 Å². The van der Waals surface area contributed by atoms with E-state index in [4.69, 9.17) is 11.6 Å². The Morgan fingerprint density at radius 2 is 2.22 bits per heavy atom. The number of hydrogen-bond donors (Lipinski definition) is 1. The van der Waals surface area contributed by atoms with E-state index in [9.17, 15) is 5.11 Å². The summed E-state index contributed by atoms with van der Waals surface area (Å²) >= 11 is 6.16. The van der Waals surface area contributed by atoms with Crippen LogP contribution in [0.15, 0.2) is 30.5 Å². The second-order valence-electron chi connectivity index (χ2n) is 4.68. The van der Waals surface area contributed by atoms with Gasteiger partial charge < -0.3 is 9.67 Å². The fourth-order valence-corrected chi connectivity index (χ4v) is 2.73. The quantitative estimate of drug-likeness (QED) is 0.904. The van der Waals surface area contributed by atoms with Crippen LogP contribution < -0.4 is 0 Å². The van der Waals surface area contributed by atoms with E-state index in [-0.39, 0.29) is 0 Å². The lowest BCUT2D eigenvalue weighted by Crippen LogP contribution is -2.19. The van der Waals surface area contributed by atoms with Gasteiger partial charge in [0.1, 0.15) is 12.1 Å². The van der Waals surface area contributed by atoms with Gasteiger partial charge in [-0.25, -0.2) is 4.98 Å². The van der Waals surface area contributed by atoms with E-state index < -0.39 is 6.23 Å². The predicted octanol–water partition coefficient (Wildman–Crippen LogP) is 2.95. The second-order valence-corrected chi connectivity index (χ2v) is 5.08. The summed E-state index contributed by atoms with van der Waals surface area (Å²) in [5.74, 6) is 0.894. The summed E-state index contributed by atoms with van der Waals surface area (Å²) in [6, 6.07) is 7.77. The Balaban J connectivity index is 1.95. The first kappa shape index (κ1) is 11.8. The van der Waals surface area contributed by atoms with Crippen molar-refractivity contribution < 1.29 is 5.11 Å². The standard InChI is InChI=1S/C14H15ClN2O/c15-12-6-2-1-4-10(12)8-13-16-9-11-5-3-7-14(18)17(11)13/h1-2,4,6,9,14,18H,3,5,7-8H2. The number of hydrogen-bond acceptors (Lipinski definition) is 2. The molecule has 18 heavy (non-hydrogen) atoms. The second kappa shape index (κ2) is 4.75. The van der Waals surface area contributed by atoms with Crippen LogP contribution in [0, 0.1) is 0 Å². The number of aromatic nitrogens is 2. The van der Waals surface area contributed by atoms with Crippen molar-refractivity contribution in [3.8, 4) is 0 Å². The highest BCUT2D eigenvalue weighted by Gasteiger charge is 2.21. The van der Waals surface area contributed by atoms with Crippen molar-refractivity contribution in [2.45, 2.75) is 31.9 Å². The van der Waals surface area contributed by atoms with Crippen LogP contribution >= 0.6 is 11.6 Å². The first-order chi connectivity index (χ1) is 8.75. The molecule has 1 aliphatic heterocycles. The van der Waals surface area contributed by atoms with Crippen molar-refractivity contribution in [3.05, 3.63) is 52.6 Å². The van der Waals surface area contributed by atoms with E-state index in [2.05, 4.69) is 4.98 Å². The van der Waals surface area contributed by atoms with E-state index in [1.807, 2.05) is 35.0 Å². The summed E-state index contributed by atoms with van der Waals surface area (Å²) in [5, 5.41) is 10.8. The summed E-state index contributed by atoms with van der Waals surface area (Å²) in [5.41, 5.74) is 2.17. The number of fused-ring (bicyclic) bond motifs is 1. The first-order valence-electron chi connectivity index (χ1n) is 6.22. The molecule has 4 heteroatoms. The number of nitrogens with zero attached hydrogens (tertiary/aromatic N) is 2. The minimum atomic E-state index is -0.436. The number of aryl methyl sites for hydroxylation is 1. The predicted molar refractivity (Wildman–Crippen MR) is 70.7 cm³/mol. The van der Waals surface area contributed by atoms with Gasteiger partial charge in [0.2, 0.25) is 0 Å². The molecule has 0 amide bonds. The monoisotopic (exact) mass is 262 g/mol. The molecule has 0 bridgehead atoms. The van der Waals surface area contributed by atoms with Crippen molar-refractivity contribution in [2.24, 2.45) is 0 Å². The van der Waals surface area contributed by atoms with Crippen molar-refractivity contribution in [2.75, 3.05) is 0 Å². The summed E-state index contributed by atoms with van der Waals surface area (Å²) in [6.45, 7) is 0. The third kappa shape index (κ3) is 2.04. The fraction of sp³-hybridized carbons (Fsp3) is 0.357. The number of rotatable bonds is 2. The number of aliphatic hydroxyl groups excluding tert-OH is 1. The summed E-state index contributed by atoms with van der Waals surface area (Å²) in [4.78, 5) is 4.43. The molecule has 0 radical (unpaired) electrons. The number of benzene rings is 1. The van der Waals surface area contributed by atoms with Gasteiger partial charge in [-0.3, -0.25) is 0 Å². The van der Waals surface area contributed by atoms with Crippen molar-refractivity contribution in [1.29, 1.82) is 0 Å². The molecule has 0 fully saturated rings. The normalized spacial score (nSPS) is 18.7. The van der Waals surface area contributed by atoms with Gasteiger partial charge in [0.05, 0.1) is 0 Å². The lowest BCUT2D eigenvalue weighted by atomic mass is 10.1. The zero-order valence-corrected chi connectivity index (χ0v) is 10.8. The minimum absolute atomic E-state index is 0.436. The first-order valence-corrected chi connectivity index (χ1v) is 6.60. The molecule has 1 atom stereocenters. The molecule has 1 unspecified atom stereocenters. The van der Waals surface area contributed by atoms with Crippen LogP contribution in [-0.4, -0.2) is 14.7 Å². The van der Waals surface area contributed by atoms with E-state index in [1.54, 1.807) is 0 Å². The van der Waals surface area contributed by atoms with Crippen LogP contribution in [0.25, 0.3) is 0 Å². The van der Waals surface area contributed by atoms with Gasteiger partial charge in [-0.1, -0.05) is 29.8 Å². The van der Waals surface area contributed by atoms with Gasteiger partial charge in [-0.05, 0) is 30.9 Å². The van der Waals surface area contributed by atoms with Crippen LogP contribution in [0.1, 0.15) is 36.2 Å². The molecule has 94 valence electrons. The average Bonchev–Trinajstić information content (AvgIpc) is 2.77. The van der Waals surface area contributed by atoms with E-state index >= 15 is 0 Å². The topological polar surface area (TPSA) is 38.1 Å². The Morgan fingerprint density at radius 1 is 1.39 bits per heavy atom. The van der Waals surface area contributed by atoms with Crippen LogP contribution in [0.5, 0.6) is 0 Å². The molecule has 2 heterocycles. The maximum Gasteiger partial charge on any atom is 0.132 e. The Labute approximate surface area is 111 Å². The highest BCUT2D eigenvalue weighted by Crippen LogP contribution is 2.26. The summed E-state index contributed by atoms with van der Waals surface area (Å²) in [7, 11) is 0. The van der Waals surface area contributed by atoms with Crippen molar-refractivity contribution in [1.82, 2.24) is 9.55 Å². The van der Waals surface area contributed by atoms with E-state index in [0.29, 0.717) is 6.42 Å². The number of imidazole rings is 1. The Hall–Kier alpha value is -1.32. The molecule has 0 spiro atoms. The van der Waals surface area contributed by atoms with Gasteiger partial charge in [-0.15, -0.1) is 0 Å². The van der Waals surface area contributed by atoms with Crippen molar-refractivity contribution in [3.63, 3.8) is 0 Å². The fourth-order valence-electron chi connectivity index (χ4n) is 2.53. The summed E-state index contributed by atoms with van der Waals surface area (Å²) < 4.78 is 1.95. The van der Waals surface area contributed by atoms with Gasteiger partial charge in [-0.2, -0.15) is 0 Å². The largest absolute Gasteiger partial charge is 0.373 e. The Morgan fingerprint density at radius 3 is 3.06 bits per heavy atom. The van der Waals surface area contributed by atoms with Gasteiger partial charge in [0, 0.05) is 23.3 Å². The molecule has 2 aromatic rings. The molecule has 0 saturated carbocycles. The zero-order chi connectivity index (χ0) is 12.5. The SMILES string of the molecule is OC1CCCc2cnc(Cc3ccccc3Cl)n21. The highest BCUT2D eigenvalue weighted by molar-refractivity contribution is 6.31. The molecular formula is C14H15ClN2O. The van der Waals surface area contributed by atoms with E-state index in [1.165, 1.54) is 0 Å². The van der Waals surface area contributed by atoms with Crippen LogP contribution in [0.2, 0.25) is 5.02 Å². The van der Waals surface area contributed by atoms with Crippen LogP contribution in [0.3, 0.4) is 0 Å². The lowest BCUT2D eigenvalue weighted by Gasteiger charge is -2.23. The number of halogens is 1. The van der Waals surface area contributed by atoms with Crippen LogP contribution in [0.4, 0.5) is 0 Å². The zero-order valence-electron chi connectivity index (χ0n) is 10.0. The van der Waals surface area contributed by atoms with Crippen LogP contribution in [-0.2, 0) is 12.8 Å². The molecule has 1 aromatic carbocycles. The summed E-state index contributed by atoms with van der Waals surface area (Å²) in [6.07, 6.45) is 4.92. The van der Waals surface area contributed by atoms with Crippen molar-refractivity contribution >= 4 is 11.6 Å². The lowest BCUT2D eigenvalue weighted by molar-refractivity contribution is 0.0762. The van der Waals surface area contributed by atoms with Gasteiger partial charge in [0.25, 0.3) is 0 Å². The number of aliphatic hydroxyl groups is 1. The smallest absolute Gasteiger partial charge is 0.132 e. The third-order valence-electron chi connectivity index (χ3n) is 3.45. The Bertz CT molecular complexity index is 565.